The number of rotatable bonds is 8. The molecule has 0 spiro atoms. The van der Waals surface area contributed by atoms with E-state index in [1.54, 1.807) is 24.3 Å². The molecule has 5 nitrogen and oxygen atoms in total. The van der Waals surface area contributed by atoms with Gasteiger partial charge in [-0.25, -0.2) is 4.98 Å². The van der Waals surface area contributed by atoms with Gasteiger partial charge in [0, 0.05) is 41.0 Å². The topological polar surface area (TPSA) is 56.7 Å². The normalized spacial score (nSPS) is 16.2. The number of fused-ring (bicyclic) bond motifs is 4. The quantitative estimate of drug-likeness (QED) is 0.112. The zero-order valence-corrected chi connectivity index (χ0v) is 40.0. The molecule has 9 rings (SSSR count). The maximum atomic E-state index is 9.04. The van der Waals surface area contributed by atoms with Gasteiger partial charge in [-0.3, -0.25) is 4.98 Å². The summed E-state index contributed by atoms with van der Waals surface area (Å²) in [6.07, 6.45) is 5.74. The Bertz CT molecular complexity index is 3040. The second-order valence-electron chi connectivity index (χ2n) is 17.4. The summed E-state index contributed by atoms with van der Waals surface area (Å²) in [6, 6.07) is 34.9. The molecule has 1 fully saturated rings. The second-order valence-corrected chi connectivity index (χ2v) is 28.0. The number of hydrogen-bond donors (Lipinski definition) is 0. The Morgan fingerprint density at radius 3 is 2.30 bits per heavy atom. The molecule has 0 N–H and O–H groups in total. The average molecular weight is 1040 g/mol. The van der Waals surface area contributed by atoms with Crippen LogP contribution in [-0.4, -0.2) is 32.8 Å². The standard InChI is InChI=1S/C31H28N3O.C22H30GeN.Ir/c1-18(2)21-10-8-11-22(19(3)4)28(21)34-27-15-7-6-14-26(27)33-30(34)25-13-9-12-23-24-17-16-20(5)32-31(24)35-29(23)25;1-17-10-12-19(13-11-17)22-15-20(14-18-8-6-5-7-9-18)21(16-24-22)23(2,3)4;/h6-12,14-19H,1-5H3;10-12,15-16,18H,5-9,14H2,1-4H3;/q2*-1;/i5D3;1D3,14D2;. The van der Waals surface area contributed by atoms with E-state index in [1.807, 2.05) is 42.6 Å². The van der Waals surface area contributed by atoms with E-state index in [9.17, 15) is 0 Å². The van der Waals surface area contributed by atoms with E-state index in [-0.39, 0.29) is 37.3 Å². The van der Waals surface area contributed by atoms with Crippen LogP contribution in [-0.2, 0) is 26.5 Å². The van der Waals surface area contributed by atoms with Crippen molar-refractivity contribution in [3.05, 3.63) is 137 Å². The summed E-state index contributed by atoms with van der Waals surface area (Å²) in [7, 11) is 0. The molecular weight excluding hydrogens is 973 g/mol. The third kappa shape index (κ3) is 8.98. The first-order valence-corrected chi connectivity index (χ1v) is 28.3. The molecule has 0 saturated heterocycles. The number of imidazole rings is 1. The van der Waals surface area contributed by atoms with Gasteiger partial charge in [-0.1, -0.05) is 69.0 Å². The zero-order chi connectivity index (χ0) is 48.2. The van der Waals surface area contributed by atoms with Crippen LogP contribution in [0, 0.1) is 31.8 Å². The summed E-state index contributed by atoms with van der Waals surface area (Å²) in [5.41, 5.74) is 9.48. The van der Waals surface area contributed by atoms with Crippen LogP contribution in [0.25, 0.3) is 61.4 Å². The maximum Gasteiger partial charge on any atom is 0.216 e. The van der Waals surface area contributed by atoms with Crippen LogP contribution in [0.1, 0.15) is 111 Å². The molecule has 0 unspecified atom stereocenters. The van der Waals surface area contributed by atoms with Crippen LogP contribution in [0.2, 0.25) is 17.3 Å². The molecule has 8 aromatic rings. The molecule has 60 heavy (non-hydrogen) atoms. The summed E-state index contributed by atoms with van der Waals surface area (Å²) >= 11 is -2.35. The fourth-order valence-corrected chi connectivity index (χ4v) is 11.3. The number of furan rings is 1. The van der Waals surface area contributed by atoms with Crippen molar-refractivity contribution in [2.24, 2.45) is 5.92 Å². The van der Waals surface area contributed by atoms with Crippen LogP contribution < -0.4 is 4.40 Å². The number of para-hydroxylation sites is 3. The molecule has 1 aliphatic rings. The van der Waals surface area contributed by atoms with Gasteiger partial charge in [0.25, 0.3) is 0 Å². The minimum atomic E-state index is -2.35. The van der Waals surface area contributed by atoms with E-state index < -0.39 is 33.3 Å². The van der Waals surface area contributed by atoms with Gasteiger partial charge < -0.3 is 8.98 Å². The maximum absolute atomic E-state index is 9.04. The Hall–Kier alpha value is -4.36. The summed E-state index contributed by atoms with van der Waals surface area (Å²) in [4.78, 5) is 14.1. The Balaban J connectivity index is 0.000000206. The second kappa shape index (κ2) is 18.3. The van der Waals surface area contributed by atoms with Gasteiger partial charge in [0.1, 0.15) is 0 Å². The third-order valence-corrected chi connectivity index (χ3v) is 15.6. The number of hydrogen-bond acceptors (Lipinski definition) is 4. The molecule has 0 atom stereocenters. The number of benzene rings is 4. The van der Waals surface area contributed by atoms with Crippen molar-refractivity contribution in [2.45, 2.75) is 109 Å². The van der Waals surface area contributed by atoms with Crippen molar-refractivity contribution < 1.29 is 35.5 Å². The van der Waals surface area contributed by atoms with Gasteiger partial charge in [0.15, 0.2) is 0 Å². The number of nitrogens with zero attached hydrogens (tertiary/aromatic N) is 4. The van der Waals surface area contributed by atoms with Crippen LogP contribution >= 0.6 is 0 Å². The van der Waals surface area contributed by atoms with E-state index >= 15 is 0 Å². The fraction of sp³-hybridized carbons (Fsp3) is 0.340. The SMILES string of the molecule is [2H]C([2H])([2H])c1c[c-]c(-c2cc(C([2H])([2H])C3CCCCC3)[c]([Ge]([CH3])([CH3])[CH3])cn2)cc1.[2H]C([2H])([2H])c1ccc2c(n1)oc1c(-c3nc4ccccc4n3-c3c(C(C)C)cccc3C(C)C)[c-]ccc12.[Ir]. The van der Waals surface area contributed by atoms with Crippen molar-refractivity contribution in [3.8, 4) is 28.3 Å². The summed E-state index contributed by atoms with van der Waals surface area (Å²) in [5, 5.41) is 1.61. The third-order valence-electron chi connectivity index (χ3n) is 11.4. The first-order chi connectivity index (χ1) is 31.6. The minimum absolute atomic E-state index is 0. The molecule has 0 amide bonds. The number of pyridine rings is 2. The van der Waals surface area contributed by atoms with Crippen LogP contribution in [0.5, 0.6) is 0 Å². The molecule has 4 heterocycles. The first kappa shape index (κ1) is 34.3. The Labute approximate surface area is 384 Å². The van der Waals surface area contributed by atoms with E-state index in [0.29, 0.717) is 40.0 Å². The van der Waals surface area contributed by atoms with Gasteiger partial charge in [-0.05, 0) is 54.1 Å². The van der Waals surface area contributed by atoms with Crippen LogP contribution in [0.4, 0.5) is 0 Å². The van der Waals surface area contributed by atoms with Crippen LogP contribution in [0.3, 0.4) is 0 Å². The van der Waals surface area contributed by atoms with Crippen molar-refractivity contribution in [1.82, 2.24) is 19.5 Å². The molecule has 0 bridgehead atoms. The summed E-state index contributed by atoms with van der Waals surface area (Å²) < 4.78 is 73.6. The van der Waals surface area contributed by atoms with Crippen molar-refractivity contribution in [3.63, 3.8) is 0 Å². The number of aryl methyl sites for hydroxylation is 2. The van der Waals surface area contributed by atoms with Crippen molar-refractivity contribution in [2.75, 3.05) is 0 Å². The predicted octanol–water partition coefficient (Wildman–Crippen LogP) is 13.9. The van der Waals surface area contributed by atoms with Gasteiger partial charge in [-0.15, -0.1) is 18.2 Å². The zero-order valence-electron chi connectivity index (χ0n) is 43.5. The first-order valence-electron chi connectivity index (χ1n) is 24.9. The fourth-order valence-electron chi connectivity index (χ4n) is 8.35. The summed E-state index contributed by atoms with van der Waals surface area (Å²) in [5.74, 6) is 8.17. The molecule has 7 heteroatoms. The van der Waals surface area contributed by atoms with E-state index in [0.717, 1.165) is 69.0 Å². The predicted molar refractivity (Wildman–Crippen MR) is 250 cm³/mol. The average Bonchev–Trinajstić information content (AvgIpc) is 3.86. The molecule has 0 aliphatic heterocycles. The van der Waals surface area contributed by atoms with Gasteiger partial charge in [0.2, 0.25) is 5.71 Å². The van der Waals surface area contributed by atoms with Crippen LogP contribution in [0.15, 0.2) is 102 Å². The van der Waals surface area contributed by atoms with Crippen molar-refractivity contribution in [1.29, 1.82) is 0 Å². The van der Waals surface area contributed by atoms with Gasteiger partial charge in [-0.2, -0.15) is 0 Å². The van der Waals surface area contributed by atoms with Gasteiger partial charge in [0.05, 0.1) is 22.4 Å². The molecule has 311 valence electrons. The Morgan fingerprint density at radius 1 is 0.850 bits per heavy atom. The van der Waals surface area contributed by atoms with Crippen molar-refractivity contribution >= 4 is 50.8 Å². The Kier molecular flexibility index (Phi) is 10.5. The molecule has 4 aromatic heterocycles. The molecule has 1 radical (unpaired) electrons. The largest absolute Gasteiger partial charge is 0.486 e. The minimum Gasteiger partial charge on any atom is -0.486 e. The Morgan fingerprint density at radius 2 is 1.62 bits per heavy atom. The summed E-state index contributed by atoms with van der Waals surface area (Å²) in [6.45, 7) is 4.37. The molecule has 4 aromatic carbocycles. The van der Waals surface area contributed by atoms with Gasteiger partial charge >= 0.3 is 157 Å². The van der Waals surface area contributed by atoms with E-state index in [1.165, 1.54) is 23.6 Å². The smallest absolute Gasteiger partial charge is 0.216 e. The van der Waals surface area contributed by atoms with E-state index in [2.05, 4.69) is 95.9 Å². The monoisotopic (exact) mass is 1040 g/mol. The number of aromatic nitrogens is 4. The molecular formula is C53H58GeIrN4O-2. The van der Waals surface area contributed by atoms with E-state index in [4.69, 9.17) is 20.4 Å². The molecule has 1 saturated carbocycles. The molecule has 1 aliphatic carbocycles.